The van der Waals surface area contributed by atoms with Crippen molar-refractivity contribution in [2.45, 2.75) is 39.5 Å². The molecule has 0 saturated carbocycles. The minimum atomic E-state index is -1.66. The van der Waals surface area contributed by atoms with Gasteiger partial charge < -0.3 is 16.2 Å². The molecule has 4 N–H and O–H groups in total. The van der Waals surface area contributed by atoms with Crippen LogP contribution in [0.4, 0.5) is 0 Å². The van der Waals surface area contributed by atoms with Gasteiger partial charge in [0.15, 0.2) is 12.0 Å². The Hall–Kier alpha value is -3.76. The summed E-state index contributed by atoms with van der Waals surface area (Å²) in [6.45, 7) is 6.29. The summed E-state index contributed by atoms with van der Waals surface area (Å²) in [5, 5.41) is 30.2. The maximum Gasteiger partial charge on any atom is 0.255 e. The zero-order valence-corrected chi connectivity index (χ0v) is 18.6. The summed E-state index contributed by atoms with van der Waals surface area (Å²) in [4.78, 5) is 11.0. The number of primary amides is 1. The first-order valence-corrected chi connectivity index (χ1v) is 10.5. The molecule has 0 heterocycles. The van der Waals surface area contributed by atoms with E-state index in [0.29, 0.717) is 11.7 Å². The van der Waals surface area contributed by atoms with Gasteiger partial charge in [0, 0.05) is 5.92 Å². The standard InChI is InChI=1S/C25H27N5O2/c1-24(2,3)16-6-9-18-19(10-16)22(25(13-27,14-28)23(30)20(18)11-26)15-4-7-17(8-5-15)32-12-21(29)31/h4-5,7-9,16,19,22H,6,10,12,30H2,1-3H3,(H2,29,31). The maximum absolute atomic E-state index is 11.0. The van der Waals surface area contributed by atoms with E-state index in [1.165, 1.54) is 0 Å². The number of carbonyl (C=O) groups excluding carboxylic acids is 1. The summed E-state index contributed by atoms with van der Waals surface area (Å²) in [7, 11) is 0. The minimum Gasteiger partial charge on any atom is -0.484 e. The molecule has 1 aromatic carbocycles. The second kappa shape index (κ2) is 8.40. The molecule has 2 aliphatic rings. The lowest BCUT2D eigenvalue weighted by molar-refractivity contribution is -0.119. The Balaban J connectivity index is 2.16. The van der Waals surface area contributed by atoms with Crippen molar-refractivity contribution in [1.29, 1.82) is 15.8 Å². The molecular formula is C25H27N5O2. The molecule has 2 aliphatic carbocycles. The average Bonchev–Trinajstić information content (AvgIpc) is 2.76. The van der Waals surface area contributed by atoms with E-state index in [0.717, 1.165) is 24.0 Å². The summed E-state index contributed by atoms with van der Waals surface area (Å²) < 4.78 is 5.35. The first-order chi connectivity index (χ1) is 15.1. The molecule has 0 aromatic heterocycles. The van der Waals surface area contributed by atoms with E-state index in [-0.39, 0.29) is 29.2 Å². The molecule has 7 nitrogen and oxygen atoms in total. The van der Waals surface area contributed by atoms with E-state index >= 15 is 0 Å². The number of hydrogen-bond donors (Lipinski definition) is 2. The highest BCUT2D eigenvalue weighted by Gasteiger charge is 2.55. The topological polar surface area (TPSA) is 150 Å². The highest BCUT2D eigenvalue weighted by atomic mass is 16.5. The molecule has 1 amide bonds. The Morgan fingerprint density at radius 3 is 2.31 bits per heavy atom. The van der Waals surface area contributed by atoms with E-state index in [1.807, 2.05) is 0 Å². The third kappa shape index (κ3) is 3.81. The Kier molecular flexibility index (Phi) is 6.02. The van der Waals surface area contributed by atoms with Crippen LogP contribution >= 0.6 is 0 Å². The van der Waals surface area contributed by atoms with E-state index in [4.69, 9.17) is 16.2 Å². The number of nitrogens with two attached hydrogens (primary N) is 2. The van der Waals surface area contributed by atoms with Gasteiger partial charge in [-0.2, -0.15) is 15.8 Å². The molecule has 164 valence electrons. The second-order valence-corrected chi connectivity index (χ2v) is 9.53. The number of benzene rings is 1. The first-order valence-electron chi connectivity index (χ1n) is 10.5. The van der Waals surface area contributed by atoms with Crippen molar-refractivity contribution in [2.24, 2.45) is 34.1 Å². The lowest BCUT2D eigenvalue weighted by Crippen LogP contribution is -2.44. The van der Waals surface area contributed by atoms with Crippen LogP contribution in [0, 0.1) is 56.7 Å². The number of ether oxygens (including phenoxy) is 1. The van der Waals surface area contributed by atoms with Gasteiger partial charge in [0.1, 0.15) is 11.8 Å². The zero-order valence-electron chi connectivity index (χ0n) is 18.6. The predicted molar refractivity (Wildman–Crippen MR) is 118 cm³/mol. The normalized spacial score (nSPS) is 24.2. The molecule has 0 fully saturated rings. The van der Waals surface area contributed by atoms with Gasteiger partial charge >= 0.3 is 0 Å². The van der Waals surface area contributed by atoms with Crippen molar-refractivity contribution in [2.75, 3.05) is 6.61 Å². The van der Waals surface area contributed by atoms with Gasteiger partial charge in [-0.05, 0) is 53.4 Å². The number of nitriles is 3. The van der Waals surface area contributed by atoms with Crippen LogP contribution in [0.3, 0.4) is 0 Å². The second-order valence-electron chi connectivity index (χ2n) is 9.53. The van der Waals surface area contributed by atoms with Gasteiger partial charge in [-0.3, -0.25) is 4.79 Å². The molecule has 0 bridgehead atoms. The monoisotopic (exact) mass is 429 g/mol. The van der Waals surface area contributed by atoms with Crippen molar-refractivity contribution in [3.8, 4) is 24.0 Å². The van der Waals surface area contributed by atoms with E-state index < -0.39 is 17.2 Å². The summed E-state index contributed by atoms with van der Waals surface area (Å²) in [6, 6.07) is 13.4. The molecule has 0 spiro atoms. The molecule has 32 heavy (non-hydrogen) atoms. The molecule has 0 saturated heterocycles. The van der Waals surface area contributed by atoms with Crippen LogP contribution in [0.15, 0.2) is 47.2 Å². The van der Waals surface area contributed by atoms with Crippen LogP contribution in [0.2, 0.25) is 0 Å². The van der Waals surface area contributed by atoms with Crippen molar-refractivity contribution in [3.05, 3.63) is 52.7 Å². The maximum atomic E-state index is 11.0. The average molecular weight is 430 g/mol. The van der Waals surface area contributed by atoms with Gasteiger partial charge in [0.25, 0.3) is 5.91 Å². The summed E-state index contributed by atoms with van der Waals surface area (Å²) in [6.07, 6.45) is 3.61. The summed E-state index contributed by atoms with van der Waals surface area (Å²) in [5.74, 6) is -0.549. The van der Waals surface area contributed by atoms with Crippen LogP contribution in [0.1, 0.15) is 45.1 Å². The quantitative estimate of drug-likeness (QED) is 0.748. The lowest BCUT2D eigenvalue weighted by Gasteiger charge is -2.47. The van der Waals surface area contributed by atoms with Crippen LogP contribution in [-0.2, 0) is 4.79 Å². The number of fused-ring (bicyclic) bond motifs is 1. The third-order valence-corrected chi connectivity index (χ3v) is 6.72. The first kappa shape index (κ1) is 22.9. The molecule has 7 heteroatoms. The SMILES string of the molecule is CC(C)(C)C1CC=C2C(C#N)=C(N)C(C#N)(C#N)C(c3ccc(OCC(N)=O)cc3)C2C1. The van der Waals surface area contributed by atoms with Gasteiger partial charge in [0.2, 0.25) is 0 Å². The van der Waals surface area contributed by atoms with Gasteiger partial charge in [-0.25, -0.2) is 0 Å². The summed E-state index contributed by atoms with van der Waals surface area (Å²) >= 11 is 0. The van der Waals surface area contributed by atoms with Crippen LogP contribution < -0.4 is 16.2 Å². The predicted octanol–water partition coefficient (Wildman–Crippen LogP) is 3.42. The van der Waals surface area contributed by atoms with Crippen molar-refractivity contribution < 1.29 is 9.53 Å². The molecule has 3 unspecified atom stereocenters. The minimum absolute atomic E-state index is 0.0146. The number of rotatable bonds is 4. The van der Waals surface area contributed by atoms with Gasteiger partial charge in [-0.15, -0.1) is 0 Å². The van der Waals surface area contributed by atoms with E-state index in [2.05, 4.69) is 45.1 Å². The fraction of sp³-hybridized carbons (Fsp3) is 0.440. The molecule has 0 radical (unpaired) electrons. The third-order valence-electron chi connectivity index (χ3n) is 6.72. The molecule has 3 rings (SSSR count). The van der Waals surface area contributed by atoms with E-state index in [1.54, 1.807) is 24.3 Å². The highest BCUT2D eigenvalue weighted by Crippen LogP contribution is 2.57. The lowest BCUT2D eigenvalue weighted by atomic mass is 9.54. The van der Waals surface area contributed by atoms with Crippen molar-refractivity contribution >= 4 is 5.91 Å². The van der Waals surface area contributed by atoms with Crippen LogP contribution in [-0.4, -0.2) is 12.5 Å². The number of hydrogen-bond acceptors (Lipinski definition) is 6. The van der Waals surface area contributed by atoms with Gasteiger partial charge in [0.05, 0.1) is 23.4 Å². The Morgan fingerprint density at radius 2 is 1.81 bits per heavy atom. The zero-order chi connectivity index (χ0) is 23.7. The van der Waals surface area contributed by atoms with Crippen molar-refractivity contribution in [1.82, 2.24) is 0 Å². The number of allylic oxidation sites excluding steroid dienone is 4. The highest BCUT2D eigenvalue weighted by molar-refractivity contribution is 5.75. The molecule has 3 atom stereocenters. The molecule has 0 aliphatic heterocycles. The smallest absolute Gasteiger partial charge is 0.255 e. The fourth-order valence-electron chi connectivity index (χ4n) is 4.90. The fourth-order valence-corrected chi connectivity index (χ4v) is 4.90. The van der Waals surface area contributed by atoms with Crippen LogP contribution in [0.5, 0.6) is 5.75 Å². The van der Waals surface area contributed by atoms with Crippen molar-refractivity contribution in [3.63, 3.8) is 0 Å². The largest absolute Gasteiger partial charge is 0.484 e. The Morgan fingerprint density at radius 1 is 1.19 bits per heavy atom. The van der Waals surface area contributed by atoms with Gasteiger partial charge in [-0.1, -0.05) is 39.0 Å². The Bertz CT molecular complexity index is 1090. The summed E-state index contributed by atoms with van der Waals surface area (Å²) in [5.41, 5.74) is 11.7. The number of carbonyl (C=O) groups is 1. The van der Waals surface area contributed by atoms with E-state index in [9.17, 15) is 20.6 Å². The molecule has 1 aromatic rings. The Labute approximate surface area is 188 Å². The number of nitrogens with zero attached hydrogens (tertiary/aromatic N) is 3. The molecular weight excluding hydrogens is 402 g/mol. The van der Waals surface area contributed by atoms with Crippen LogP contribution in [0.25, 0.3) is 0 Å². The number of amides is 1.